The maximum atomic E-state index is 12.5. The lowest BCUT2D eigenvalue weighted by Crippen LogP contribution is -2.10. The van der Waals surface area contributed by atoms with E-state index in [1.54, 1.807) is 12.1 Å². The van der Waals surface area contributed by atoms with Crippen molar-refractivity contribution in [3.63, 3.8) is 0 Å². The Morgan fingerprint density at radius 3 is 2.04 bits per heavy atom. The van der Waals surface area contributed by atoms with E-state index in [-0.39, 0.29) is 17.1 Å². The van der Waals surface area contributed by atoms with Gasteiger partial charge in [0.15, 0.2) is 23.1 Å². The number of Topliss-reactive ketones (excluding diaryl/α,β-unsaturated/α-hetero) is 2. The van der Waals surface area contributed by atoms with Gasteiger partial charge in [0.2, 0.25) is 0 Å². The first-order chi connectivity index (χ1) is 12.4. The summed E-state index contributed by atoms with van der Waals surface area (Å²) < 4.78 is 20.4. The van der Waals surface area contributed by atoms with Crippen LogP contribution in [0.3, 0.4) is 0 Å². The number of methoxy groups -OCH3 is 4. The second-order valence-corrected chi connectivity index (χ2v) is 5.32. The molecule has 7 nitrogen and oxygen atoms in total. The molecule has 0 radical (unpaired) electrons. The van der Waals surface area contributed by atoms with Crippen LogP contribution in [0.15, 0.2) is 30.3 Å². The van der Waals surface area contributed by atoms with E-state index in [0.29, 0.717) is 22.8 Å². The minimum Gasteiger partial charge on any atom is -0.507 e. The molecule has 1 N–H and O–H groups in total. The summed E-state index contributed by atoms with van der Waals surface area (Å²) in [7, 11) is 5.73. The van der Waals surface area contributed by atoms with Gasteiger partial charge in [0.05, 0.1) is 34.9 Å². The maximum absolute atomic E-state index is 12.5. The van der Waals surface area contributed by atoms with Gasteiger partial charge in [-0.15, -0.1) is 0 Å². The van der Waals surface area contributed by atoms with E-state index in [1.807, 2.05) is 0 Å². The molecule has 0 aliphatic heterocycles. The van der Waals surface area contributed by atoms with Crippen LogP contribution in [0.1, 0.15) is 27.1 Å². The minimum atomic E-state index is -0.568. The van der Waals surface area contributed by atoms with E-state index in [2.05, 4.69) is 0 Å². The number of carbonyl (C=O) groups excluding carboxylic acids is 2. The lowest BCUT2D eigenvalue weighted by molar-refractivity contribution is 0.0891. The summed E-state index contributed by atoms with van der Waals surface area (Å²) in [6.07, 6.45) is -0.439. The molecule has 0 saturated heterocycles. The summed E-state index contributed by atoms with van der Waals surface area (Å²) in [6.45, 7) is 0. The summed E-state index contributed by atoms with van der Waals surface area (Å²) in [5.74, 6) is 0.0240. The van der Waals surface area contributed by atoms with E-state index >= 15 is 0 Å². The van der Waals surface area contributed by atoms with Gasteiger partial charge >= 0.3 is 0 Å². The van der Waals surface area contributed by atoms with Gasteiger partial charge in [-0.2, -0.15) is 0 Å². The highest BCUT2D eigenvalue weighted by Gasteiger charge is 2.22. The number of carbonyl (C=O) groups is 2. The van der Waals surface area contributed by atoms with Crippen molar-refractivity contribution in [3.05, 3.63) is 41.5 Å². The molecular weight excluding hydrogens is 340 g/mol. The highest BCUT2D eigenvalue weighted by molar-refractivity contribution is 6.15. The third-order valence-electron chi connectivity index (χ3n) is 3.82. The smallest absolute Gasteiger partial charge is 0.178 e. The fourth-order valence-corrected chi connectivity index (χ4v) is 2.48. The molecule has 2 aromatic carbocycles. The highest BCUT2D eigenvalue weighted by Crippen LogP contribution is 2.34. The van der Waals surface area contributed by atoms with E-state index < -0.39 is 18.0 Å². The van der Waals surface area contributed by atoms with Gasteiger partial charge in [-0.25, -0.2) is 0 Å². The number of ketones is 2. The third-order valence-corrected chi connectivity index (χ3v) is 3.82. The zero-order chi connectivity index (χ0) is 19.3. The Kier molecular flexibility index (Phi) is 6.06. The number of hydrogen-bond acceptors (Lipinski definition) is 7. The van der Waals surface area contributed by atoms with Crippen LogP contribution in [-0.4, -0.2) is 45.1 Å². The van der Waals surface area contributed by atoms with Gasteiger partial charge in [-0.05, 0) is 18.2 Å². The molecule has 0 aliphatic rings. The zero-order valence-corrected chi connectivity index (χ0v) is 15.0. The van der Waals surface area contributed by atoms with E-state index in [4.69, 9.17) is 18.9 Å². The van der Waals surface area contributed by atoms with Gasteiger partial charge in [-0.1, -0.05) is 0 Å². The molecule has 0 aromatic heterocycles. The van der Waals surface area contributed by atoms with Crippen LogP contribution in [0.2, 0.25) is 0 Å². The van der Waals surface area contributed by atoms with Gasteiger partial charge in [0, 0.05) is 17.7 Å². The Bertz CT molecular complexity index is 827. The predicted molar refractivity (Wildman–Crippen MR) is 94.0 cm³/mol. The first-order valence-electron chi connectivity index (χ1n) is 7.68. The molecule has 2 rings (SSSR count). The molecule has 138 valence electrons. The Morgan fingerprint density at radius 2 is 1.46 bits per heavy atom. The van der Waals surface area contributed by atoms with Crippen molar-refractivity contribution < 1.29 is 33.6 Å². The second kappa shape index (κ2) is 8.24. The fraction of sp³-hybridized carbons (Fsp3) is 0.263. The second-order valence-electron chi connectivity index (χ2n) is 5.32. The van der Waals surface area contributed by atoms with Crippen molar-refractivity contribution in [2.45, 2.75) is 6.42 Å². The van der Waals surface area contributed by atoms with Crippen LogP contribution in [0.4, 0.5) is 0 Å². The van der Waals surface area contributed by atoms with Crippen molar-refractivity contribution in [1.29, 1.82) is 0 Å². The quantitative estimate of drug-likeness (QED) is 0.572. The lowest BCUT2D eigenvalue weighted by atomic mass is 9.99. The number of benzene rings is 2. The van der Waals surface area contributed by atoms with Gasteiger partial charge < -0.3 is 24.1 Å². The molecule has 7 heteroatoms. The first-order valence-corrected chi connectivity index (χ1v) is 7.68. The average molecular weight is 360 g/mol. The van der Waals surface area contributed by atoms with Gasteiger partial charge in [0.25, 0.3) is 0 Å². The number of rotatable bonds is 8. The molecule has 0 saturated carbocycles. The molecule has 0 spiro atoms. The topological polar surface area (TPSA) is 91.3 Å². The van der Waals surface area contributed by atoms with E-state index in [9.17, 15) is 14.7 Å². The average Bonchev–Trinajstić information content (AvgIpc) is 2.66. The van der Waals surface area contributed by atoms with Gasteiger partial charge in [0.1, 0.15) is 22.8 Å². The van der Waals surface area contributed by atoms with E-state index in [0.717, 1.165) is 0 Å². The van der Waals surface area contributed by atoms with Crippen LogP contribution in [-0.2, 0) is 0 Å². The zero-order valence-electron chi connectivity index (χ0n) is 15.0. The van der Waals surface area contributed by atoms with Crippen LogP contribution in [0.5, 0.6) is 28.7 Å². The van der Waals surface area contributed by atoms with Crippen LogP contribution < -0.4 is 18.9 Å². The molecule has 0 atom stereocenters. The molecule has 0 bridgehead atoms. The fourth-order valence-electron chi connectivity index (χ4n) is 2.48. The number of phenolic OH excluding ortho intramolecular Hbond substituents is 1. The SMILES string of the molecule is COc1cc(O)c(C(=O)CC(=O)c2ccc(OC)c(OC)c2)c(OC)c1. The molecule has 26 heavy (non-hydrogen) atoms. The normalized spacial score (nSPS) is 10.2. The molecule has 0 fully saturated rings. The Morgan fingerprint density at radius 1 is 0.808 bits per heavy atom. The summed E-state index contributed by atoms with van der Waals surface area (Å²) >= 11 is 0. The molecule has 0 aliphatic carbocycles. The van der Waals surface area contributed by atoms with Crippen molar-refractivity contribution >= 4 is 11.6 Å². The number of aromatic hydroxyl groups is 1. The monoisotopic (exact) mass is 360 g/mol. The molecule has 0 heterocycles. The largest absolute Gasteiger partial charge is 0.507 e. The maximum Gasteiger partial charge on any atom is 0.178 e. The molecule has 0 amide bonds. The highest BCUT2D eigenvalue weighted by atomic mass is 16.5. The first kappa shape index (κ1) is 19.1. The summed E-state index contributed by atoms with van der Waals surface area (Å²) in [6, 6.07) is 7.38. The van der Waals surface area contributed by atoms with Crippen molar-refractivity contribution in [2.75, 3.05) is 28.4 Å². The summed E-state index contributed by atoms with van der Waals surface area (Å²) in [5, 5.41) is 10.1. The standard InChI is InChI=1S/C19H20O7/c1-23-12-8-14(21)19(18(9-12)26-4)15(22)10-13(20)11-5-6-16(24-2)17(7-11)25-3/h5-9,21H,10H2,1-4H3. The van der Waals surface area contributed by atoms with Crippen LogP contribution >= 0.6 is 0 Å². The number of ether oxygens (including phenoxy) is 4. The van der Waals surface area contributed by atoms with Crippen LogP contribution in [0.25, 0.3) is 0 Å². The van der Waals surface area contributed by atoms with Crippen molar-refractivity contribution in [2.24, 2.45) is 0 Å². The summed E-state index contributed by atoms with van der Waals surface area (Å²) in [4.78, 5) is 25.0. The predicted octanol–water partition coefficient (Wildman–Crippen LogP) is 2.88. The number of phenols is 1. The molecular formula is C19H20O7. The van der Waals surface area contributed by atoms with Crippen molar-refractivity contribution in [1.82, 2.24) is 0 Å². The number of hydrogen-bond donors (Lipinski definition) is 1. The van der Waals surface area contributed by atoms with Crippen LogP contribution in [0, 0.1) is 0 Å². The lowest BCUT2D eigenvalue weighted by Gasteiger charge is -2.12. The third kappa shape index (κ3) is 3.88. The Labute approximate surface area is 151 Å². The molecule has 2 aromatic rings. The Balaban J connectivity index is 2.29. The minimum absolute atomic E-state index is 0.0675. The Hall–Kier alpha value is -3.22. The van der Waals surface area contributed by atoms with E-state index in [1.165, 1.54) is 46.6 Å². The molecule has 0 unspecified atom stereocenters. The van der Waals surface area contributed by atoms with Gasteiger partial charge in [-0.3, -0.25) is 9.59 Å². The van der Waals surface area contributed by atoms with Crippen molar-refractivity contribution in [3.8, 4) is 28.7 Å². The summed E-state index contributed by atoms with van der Waals surface area (Å²) in [5.41, 5.74) is 0.227.